The van der Waals surface area contributed by atoms with Crippen molar-refractivity contribution in [3.05, 3.63) is 41.5 Å². The highest BCUT2D eigenvalue weighted by Crippen LogP contribution is 2.38. The largest absolute Gasteiger partial charge is 0.494 e. The number of rotatable bonds is 7. The van der Waals surface area contributed by atoms with Gasteiger partial charge in [-0.2, -0.15) is 4.98 Å². The third kappa shape index (κ3) is 3.75. The molecule has 1 fully saturated rings. The summed E-state index contributed by atoms with van der Waals surface area (Å²) in [6.45, 7) is 6.51. The molecular weight excluding hydrogens is 306 g/mol. The highest BCUT2D eigenvalue weighted by Gasteiger charge is 2.31. The number of hydrogen-bond donors (Lipinski definition) is 1. The first-order valence-corrected chi connectivity index (χ1v) is 8.45. The number of nitrogens with one attached hydrogen (secondary N) is 1. The summed E-state index contributed by atoms with van der Waals surface area (Å²) in [6, 6.07) is 6.83. The molecule has 0 spiro atoms. The standard InChI is InChI=1S/C18H23N3O3/c1-4-23-14-7-5-6-13(10-14)17(22)19-15(11(2)3)18-20-16(21-24-18)12-8-9-12/h5-7,10-12,15H,4,8-9H2,1-3H3,(H,19,22)/t15-/m1/s1. The second-order valence-corrected chi connectivity index (χ2v) is 6.42. The first-order valence-electron chi connectivity index (χ1n) is 8.45. The van der Waals surface area contributed by atoms with Gasteiger partial charge in [-0.1, -0.05) is 25.1 Å². The minimum absolute atomic E-state index is 0.136. The molecule has 0 unspecified atom stereocenters. The summed E-state index contributed by atoms with van der Waals surface area (Å²) in [4.78, 5) is 17.1. The first-order chi connectivity index (χ1) is 11.6. The van der Waals surface area contributed by atoms with Gasteiger partial charge in [0, 0.05) is 11.5 Å². The number of amides is 1. The fourth-order valence-corrected chi connectivity index (χ4v) is 2.51. The Hall–Kier alpha value is -2.37. The Morgan fingerprint density at radius 3 is 2.88 bits per heavy atom. The fourth-order valence-electron chi connectivity index (χ4n) is 2.51. The van der Waals surface area contributed by atoms with Crippen LogP contribution in [0.2, 0.25) is 0 Å². The van der Waals surface area contributed by atoms with E-state index >= 15 is 0 Å². The highest BCUT2D eigenvalue weighted by atomic mass is 16.5. The van der Waals surface area contributed by atoms with Crippen molar-refractivity contribution in [1.29, 1.82) is 0 Å². The first kappa shape index (κ1) is 16.5. The molecule has 1 aliphatic rings. The van der Waals surface area contributed by atoms with E-state index in [0.717, 1.165) is 18.7 Å². The number of ether oxygens (including phenoxy) is 1. The maximum absolute atomic E-state index is 12.6. The van der Waals surface area contributed by atoms with Crippen molar-refractivity contribution >= 4 is 5.91 Å². The van der Waals surface area contributed by atoms with Gasteiger partial charge >= 0.3 is 0 Å². The van der Waals surface area contributed by atoms with Crippen LogP contribution < -0.4 is 10.1 Å². The Kier molecular flexibility index (Phi) is 4.83. The number of carbonyl (C=O) groups is 1. The third-order valence-corrected chi connectivity index (χ3v) is 4.03. The molecule has 2 aromatic rings. The molecule has 1 amide bonds. The maximum atomic E-state index is 12.6. The summed E-state index contributed by atoms with van der Waals surface area (Å²) in [6.07, 6.45) is 2.23. The van der Waals surface area contributed by atoms with E-state index in [0.29, 0.717) is 29.7 Å². The van der Waals surface area contributed by atoms with Crippen molar-refractivity contribution in [2.45, 2.75) is 45.6 Å². The van der Waals surface area contributed by atoms with Crippen LogP contribution in [0.1, 0.15) is 67.6 Å². The van der Waals surface area contributed by atoms with Gasteiger partial charge in [0.25, 0.3) is 5.91 Å². The van der Waals surface area contributed by atoms with Crippen molar-refractivity contribution in [1.82, 2.24) is 15.5 Å². The van der Waals surface area contributed by atoms with Crippen LogP contribution in [0.25, 0.3) is 0 Å². The average Bonchev–Trinajstić information content (AvgIpc) is 3.31. The number of carbonyl (C=O) groups excluding carboxylic acids is 1. The summed E-state index contributed by atoms with van der Waals surface area (Å²) in [5.41, 5.74) is 0.550. The molecule has 6 heteroatoms. The van der Waals surface area contributed by atoms with Crippen LogP contribution in [0.4, 0.5) is 0 Å². The number of nitrogens with zero attached hydrogens (tertiary/aromatic N) is 2. The Labute approximate surface area is 141 Å². The smallest absolute Gasteiger partial charge is 0.252 e. The normalized spacial score (nSPS) is 15.3. The summed E-state index contributed by atoms with van der Waals surface area (Å²) >= 11 is 0. The van der Waals surface area contributed by atoms with Crippen LogP contribution in [0.5, 0.6) is 5.75 Å². The van der Waals surface area contributed by atoms with Crippen LogP contribution in [0.3, 0.4) is 0 Å². The quantitative estimate of drug-likeness (QED) is 0.841. The zero-order valence-corrected chi connectivity index (χ0v) is 14.3. The van der Waals surface area contributed by atoms with Gasteiger partial charge in [-0.25, -0.2) is 0 Å². The van der Waals surface area contributed by atoms with Crippen LogP contribution in [-0.2, 0) is 0 Å². The lowest BCUT2D eigenvalue weighted by Crippen LogP contribution is -2.32. The van der Waals surface area contributed by atoms with E-state index in [1.54, 1.807) is 12.1 Å². The lowest BCUT2D eigenvalue weighted by molar-refractivity contribution is 0.0913. The molecule has 0 aliphatic heterocycles. The Morgan fingerprint density at radius 2 is 2.21 bits per heavy atom. The van der Waals surface area contributed by atoms with Crippen molar-refractivity contribution in [2.24, 2.45) is 5.92 Å². The zero-order valence-electron chi connectivity index (χ0n) is 14.3. The summed E-state index contributed by atoms with van der Waals surface area (Å²) in [5.74, 6) is 2.29. The molecule has 24 heavy (non-hydrogen) atoms. The van der Waals surface area contributed by atoms with Crippen LogP contribution >= 0.6 is 0 Å². The summed E-state index contributed by atoms with van der Waals surface area (Å²) < 4.78 is 10.8. The lowest BCUT2D eigenvalue weighted by Gasteiger charge is -2.18. The van der Waals surface area contributed by atoms with Gasteiger partial charge < -0.3 is 14.6 Å². The minimum atomic E-state index is -0.312. The van der Waals surface area contributed by atoms with Gasteiger partial charge in [-0.15, -0.1) is 0 Å². The van der Waals surface area contributed by atoms with Crippen LogP contribution in [0.15, 0.2) is 28.8 Å². The molecule has 6 nitrogen and oxygen atoms in total. The predicted molar refractivity (Wildman–Crippen MR) is 88.9 cm³/mol. The number of aromatic nitrogens is 2. The molecule has 0 bridgehead atoms. The number of hydrogen-bond acceptors (Lipinski definition) is 5. The molecule has 1 saturated carbocycles. The SMILES string of the molecule is CCOc1cccc(C(=O)N[C@@H](c2nc(C3CC3)no2)C(C)C)c1. The van der Waals surface area contributed by atoms with Gasteiger partial charge in [0.05, 0.1) is 6.61 Å². The number of benzene rings is 1. The van der Waals surface area contributed by atoms with Gasteiger partial charge in [0.2, 0.25) is 5.89 Å². The Morgan fingerprint density at radius 1 is 1.42 bits per heavy atom. The fraction of sp³-hybridized carbons (Fsp3) is 0.500. The average molecular weight is 329 g/mol. The van der Waals surface area contributed by atoms with Crippen molar-refractivity contribution in [3.8, 4) is 5.75 Å². The van der Waals surface area contributed by atoms with E-state index in [2.05, 4.69) is 15.5 Å². The Bertz CT molecular complexity index is 707. The molecule has 1 aliphatic carbocycles. The second-order valence-electron chi connectivity index (χ2n) is 6.42. The van der Waals surface area contributed by atoms with E-state index in [-0.39, 0.29) is 17.9 Å². The highest BCUT2D eigenvalue weighted by molar-refractivity contribution is 5.94. The molecule has 1 heterocycles. The third-order valence-electron chi connectivity index (χ3n) is 4.03. The van der Waals surface area contributed by atoms with Crippen molar-refractivity contribution in [3.63, 3.8) is 0 Å². The Balaban J connectivity index is 1.74. The molecule has 1 N–H and O–H groups in total. The molecule has 128 valence electrons. The van der Waals surface area contributed by atoms with Crippen molar-refractivity contribution < 1.29 is 14.1 Å². The van der Waals surface area contributed by atoms with E-state index in [1.165, 1.54) is 0 Å². The van der Waals surface area contributed by atoms with E-state index in [1.807, 2.05) is 32.9 Å². The maximum Gasteiger partial charge on any atom is 0.252 e. The van der Waals surface area contributed by atoms with Gasteiger partial charge in [-0.3, -0.25) is 4.79 Å². The minimum Gasteiger partial charge on any atom is -0.494 e. The van der Waals surface area contributed by atoms with Crippen LogP contribution in [-0.4, -0.2) is 22.7 Å². The predicted octanol–water partition coefficient (Wildman–Crippen LogP) is 3.47. The second kappa shape index (κ2) is 7.03. The van der Waals surface area contributed by atoms with E-state index < -0.39 is 0 Å². The molecule has 1 atom stereocenters. The molecule has 0 saturated heterocycles. The molecule has 1 aromatic heterocycles. The van der Waals surface area contributed by atoms with E-state index in [4.69, 9.17) is 9.26 Å². The molecule has 1 aromatic carbocycles. The molecule has 3 rings (SSSR count). The van der Waals surface area contributed by atoms with Crippen LogP contribution in [0, 0.1) is 5.92 Å². The van der Waals surface area contributed by atoms with Gasteiger partial charge in [0.15, 0.2) is 5.82 Å². The summed E-state index contributed by atoms with van der Waals surface area (Å²) in [5, 5.41) is 7.04. The summed E-state index contributed by atoms with van der Waals surface area (Å²) in [7, 11) is 0. The molecular formula is C18H23N3O3. The molecule has 0 radical (unpaired) electrons. The topological polar surface area (TPSA) is 77.2 Å². The lowest BCUT2D eigenvalue weighted by atomic mass is 10.0. The van der Waals surface area contributed by atoms with Gasteiger partial charge in [-0.05, 0) is 43.9 Å². The van der Waals surface area contributed by atoms with E-state index in [9.17, 15) is 4.79 Å². The monoisotopic (exact) mass is 329 g/mol. The van der Waals surface area contributed by atoms with Crippen molar-refractivity contribution in [2.75, 3.05) is 6.61 Å². The zero-order chi connectivity index (χ0) is 17.1. The van der Waals surface area contributed by atoms with Gasteiger partial charge in [0.1, 0.15) is 11.8 Å².